The lowest BCUT2D eigenvalue weighted by Gasteiger charge is -2.15. The predicted octanol–water partition coefficient (Wildman–Crippen LogP) is 0.515. The van der Waals surface area contributed by atoms with Gasteiger partial charge in [-0.2, -0.15) is 5.10 Å². The van der Waals surface area contributed by atoms with Gasteiger partial charge in [-0.25, -0.2) is 17.7 Å². The van der Waals surface area contributed by atoms with Gasteiger partial charge in [-0.3, -0.25) is 5.10 Å². The largest absolute Gasteiger partial charge is 0.384 e. The van der Waals surface area contributed by atoms with Gasteiger partial charge in [0, 0.05) is 32.0 Å². The Labute approximate surface area is 119 Å². The molecule has 20 heavy (non-hydrogen) atoms. The minimum Gasteiger partial charge on any atom is -0.384 e. The van der Waals surface area contributed by atoms with Gasteiger partial charge in [0.25, 0.3) is 0 Å². The van der Waals surface area contributed by atoms with Crippen LogP contribution in [0.4, 0.5) is 0 Å². The first kappa shape index (κ1) is 15.4. The summed E-state index contributed by atoms with van der Waals surface area (Å²) in [7, 11) is -1.55. The first-order valence-corrected chi connectivity index (χ1v) is 8.44. The van der Waals surface area contributed by atoms with Gasteiger partial charge < -0.3 is 4.74 Å². The lowest BCUT2D eigenvalue weighted by Crippen LogP contribution is -2.31. The zero-order chi connectivity index (χ0) is 14.8. The smallest absolute Gasteiger partial charge is 0.214 e. The van der Waals surface area contributed by atoms with E-state index in [9.17, 15) is 8.42 Å². The van der Waals surface area contributed by atoms with Gasteiger partial charge >= 0.3 is 0 Å². The number of nitrogens with zero attached hydrogens (tertiary/aromatic N) is 3. The number of methoxy groups -OCH3 is 1. The first-order chi connectivity index (χ1) is 9.47. The minimum atomic E-state index is -3.18. The van der Waals surface area contributed by atoms with E-state index in [-0.39, 0.29) is 17.6 Å². The molecule has 1 saturated heterocycles. The van der Waals surface area contributed by atoms with Crippen LogP contribution in [0, 0.1) is 12.8 Å². The van der Waals surface area contributed by atoms with Crippen LogP contribution in [0.25, 0.3) is 0 Å². The molecule has 0 bridgehead atoms. The molecule has 7 nitrogen and oxygen atoms in total. The zero-order valence-corrected chi connectivity index (χ0v) is 13.0. The molecule has 0 aliphatic carbocycles. The summed E-state index contributed by atoms with van der Waals surface area (Å²) in [5.74, 6) is 1.70. The van der Waals surface area contributed by atoms with Crippen LogP contribution < -0.4 is 0 Å². The lowest BCUT2D eigenvalue weighted by atomic mass is 9.96. The van der Waals surface area contributed by atoms with Crippen LogP contribution in [-0.2, 0) is 14.8 Å². The van der Waals surface area contributed by atoms with Crippen LogP contribution in [0.1, 0.15) is 30.9 Å². The fourth-order valence-electron chi connectivity index (χ4n) is 2.65. The van der Waals surface area contributed by atoms with Crippen molar-refractivity contribution in [2.75, 3.05) is 32.6 Å². The number of aryl methyl sites for hydroxylation is 1. The van der Waals surface area contributed by atoms with Crippen LogP contribution in [-0.4, -0.2) is 60.5 Å². The lowest BCUT2D eigenvalue weighted by molar-refractivity contribution is 0.150. The van der Waals surface area contributed by atoms with E-state index in [4.69, 9.17) is 4.74 Å². The number of hydrogen-bond acceptors (Lipinski definition) is 5. The topological polar surface area (TPSA) is 88.2 Å². The highest BCUT2D eigenvalue weighted by Crippen LogP contribution is 2.32. The molecular weight excluding hydrogens is 280 g/mol. The maximum atomic E-state index is 12.2. The standard InChI is InChI=1S/C12H22N4O3S/c1-4-5-20(17,18)16-6-10(8-19-3)11(7-16)12-13-9(2)14-15-12/h10-11H,4-8H2,1-3H3,(H,13,14,15)/t10-,11+/m0/s1. The Morgan fingerprint density at radius 2 is 2.20 bits per heavy atom. The number of sulfonamides is 1. The van der Waals surface area contributed by atoms with Crippen molar-refractivity contribution in [1.29, 1.82) is 0 Å². The maximum Gasteiger partial charge on any atom is 0.214 e. The van der Waals surface area contributed by atoms with Crippen LogP contribution in [0.3, 0.4) is 0 Å². The summed E-state index contributed by atoms with van der Waals surface area (Å²) in [6, 6.07) is 0. The fourth-order valence-corrected chi connectivity index (χ4v) is 4.23. The predicted molar refractivity (Wildman–Crippen MR) is 74.9 cm³/mol. The molecule has 1 aliphatic rings. The molecule has 0 unspecified atom stereocenters. The Bertz CT molecular complexity index is 543. The molecule has 1 aliphatic heterocycles. The number of aromatic nitrogens is 3. The van der Waals surface area contributed by atoms with E-state index in [1.165, 1.54) is 0 Å². The average Bonchev–Trinajstić information content (AvgIpc) is 2.96. The van der Waals surface area contributed by atoms with Gasteiger partial charge in [-0.15, -0.1) is 0 Å². The van der Waals surface area contributed by atoms with Crippen molar-refractivity contribution in [3.8, 4) is 0 Å². The van der Waals surface area contributed by atoms with E-state index in [2.05, 4.69) is 15.2 Å². The first-order valence-electron chi connectivity index (χ1n) is 6.83. The Balaban J connectivity index is 2.19. The van der Waals surface area contributed by atoms with E-state index >= 15 is 0 Å². The Hall–Kier alpha value is -0.990. The molecule has 114 valence electrons. The molecule has 0 amide bonds. The Morgan fingerprint density at radius 3 is 2.75 bits per heavy atom. The fraction of sp³-hybridized carbons (Fsp3) is 0.833. The second-order valence-electron chi connectivity index (χ2n) is 5.23. The minimum absolute atomic E-state index is 0.00784. The number of aromatic amines is 1. The molecule has 2 rings (SSSR count). The van der Waals surface area contributed by atoms with Crippen molar-refractivity contribution in [3.05, 3.63) is 11.6 Å². The molecule has 1 aromatic heterocycles. The summed E-state index contributed by atoms with van der Waals surface area (Å²) in [6.45, 7) is 5.14. The highest BCUT2D eigenvalue weighted by molar-refractivity contribution is 7.89. The van der Waals surface area contributed by atoms with Crippen molar-refractivity contribution < 1.29 is 13.2 Å². The third-order valence-corrected chi connectivity index (χ3v) is 5.60. The van der Waals surface area contributed by atoms with Gasteiger partial charge in [0.15, 0.2) is 5.82 Å². The van der Waals surface area contributed by atoms with Gasteiger partial charge in [-0.1, -0.05) is 6.92 Å². The SMILES string of the molecule is CCCS(=O)(=O)N1C[C@@H](COC)[C@H](c2n[nH]c(C)n2)C1. The van der Waals surface area contributed by atoms with Gasteiger partial charge in [-0.05, 0) is 13.3 Å². The second-order valence-corrected chi connectivity index (χ2v) is 7.32. The maximum absolute atomic E-state index is 12.2. The van der Waals surface area contributed by atoms with Crippen LogP contribution in [0.2, 0.25) is 0 Å². The number of hydrogen-bond donors (Lipinski definition) is 1. The third kappa shape index (κ3) is 3.18. The highest BCUT2D eigenvalue weighted by atomic mass is 32.2. The number of ether oxygens (including phenoxy) is 1. The summed E-state index contributed by atoms with van der Waals surface area (Å²) in [6.07, 6.45) is 0.623. The molecule has 1 fully saturated rings. The van der Waals surface area contributed by atoms with E-state index in [0.717, 1.165) is 5.82 Å². The van der Waals surface area contributed by atoms with Crippen LogP contribution >= 0.6 is 0 Å². The average molecular weight is 302 g/mol. The summed E-state index contributed by atoms with van der Waals surface area (Å²) in [5.41, 5.74) is 0. The summed E-state index contributed by atoms with van der Waals surface area (Å²) in [5, 5.41) is 7.00. The molecule has 8 heteroatoms. The molecule has 2 atom stereocenters. The number of H-pyrrole nitrogens is 1. The van der Waals surface area contributed by atoms with Crippen LogP contribution in [0.15, 0.2) is 0 Å². The quantitative estimate of drug-likeness (QED) is 0.827. The summed E-state index contributed by atoms with van der Waals surface area (Å²) < 4.78 is 31.2. The van der Waals surface area contributed by atoms with Gasteiger partial charge in [0.2, 0.25) is 10.0 Å². The monoisotopic (exact) mass is 302 g/mol. The summed E-state index contributed by atoms with van der Waals surface area (Å²) in [4.78, 5) is 4.34. The van der Waals surface area contributed by atoms with E-state index in [1.807, 2.05) is 13.8 Å². The number of rotatable bonds is 6. The molecule has 0 aromatic carbocycles. The third-order valence-electron chi connectivity index (χ3n) is 3.59. The van der Waals surface area contributed by atoms with Crippen molar-refractivity contribution in [2.45, 2.75) is 26.2 Å². The molecule has 1 N–H and O–H groups in total. The van der Waals surface area contributed by atoms with E-state index < -0.39 is 10.0 Å². The summed E-state index contributed by atoms with van der Waals surface area (Å²) >= 11 is 0. The molecule has 1 aromatic rings. The van der Waals surface area contributed by atoms with Crippen molar-refractivity contribution in [3.63, 3.8) is 0 Å². The van der Waals surface area contributed by atoms with Crippen LogP contribution in [0.5, 0.6) is 0 Å². The van der Waals surface area contributed by atoms with E-state index in [0.29, 0.717) is 31.9 Å². The number of nitrogens with one attached hydrogen (secondary N) is 1. The molecule has 0 radical (unpaired) electrons. The van der Waals surface area contributed by atoms with Crippen molar-refractivity contribution in [2.24, 2.45) is 5.92 Å². The Morgan fingerprint density at radius 1 is 1.45 bits per heavy atom. The van der Waals surface area contributed by atoms with Gasteiger partial charge in [0.05, 0.1) is 12.4 Å². The van der Waals surface area contributed by atoms with Gasteiger partial charge in [0.1, 0.15) is 5.82 Å². The van der Waals surface area contributed by atoms with E-state index in [1.54, 1.807) is 11.4 Å². The highest BCUT2D eigenvalue weighted by Gasteiger charge is 2.40. The Kier molecular flexibility index (Phi) is 4.77. The normalized spacial score (nSPS) is 24.4. The zero-order valence-electron chi connectivity index (χ0n) is 12.2. The molecule has 2 heterocycles. The van der Waals surface area contributed by atoms with Crippen molar-refractivity contribution >= 4 is 10.0 Å². The van der Waals surface area contributed by atoms with Crippen molar-refractivity contribution in [1.82, 2.24) is 19.5 Å². The molecule has 0 spiro atoms. The molecular formula is C12H22N4O3S. The second kappa shape index (κ2) is 6.19. The molecule has 0 saturated carbocycles.